The normalized spacial score (nSPS) is 20.1. The molecule has 1 unspecified atom stereocenters. The summed E-state index contributed by atoms with van der Waals surface area (Å²) in [6.45, 7) is 3.10. The Balaban J connectivity index is 1.97. The Morgan fingerprint density at radius 2 is 2.40 bits per heavy atom. The molecule has 1 saturated heterocycles. The summed E-state index contributed by atoms with van der Waals surface area (Å²) in [4.78, 5) is 13.9. The van der Waals surface area contributed by atoms with Crippen LogP contribution in [0.25, 0.3) is 0 Å². The Morgan fingerprint density at radius 1 is 1.65 bits per heavy atom. The van der Waals surface area contributed by atoms with Crippen molar-refractivity contribution in [3.05, 3.63) is 17.5 Å². The van der Waals surface area contributed by atoms with Crippen LogP contribution >= 0.6 is 0 Å². The first-order valence-corrected chi connectivity index (χ1v) is 7.89. The first-order valence-electron chi connectivity index (χ1n) is 6.35. The van der Waals surface area contributed by atoms with E-state index in [2.05, 4.69) is 9.88 Å². The quantitative estimate of drug-likeness (QED) is 0.786. The first kappa shape index (κ1) is 14.9. The number of likely N-dealkylation sites (tertiary alicyclic amines) is 1. The number of aryl methyl sites for hydroxylation is 1. The summed E-state index contributed by atoms with van der Waals surface area (Å²) in [6, 6.07) is 0. The van der Waals surface area contributed by atoms with Gasteiger partial charge in [0.15, 0.2) is 0 Å². The average molecular weight is 302 g/mol. The van der Waals surface area contributed by atoms with Crippen molar-refractivity contribution in [2.75, 3.05) is 19.6 Å². The van der Waals surface area contributed by atoms with Crippen LogP contribution in [0.2, 0.25) is 0 Å². The van der Waals surface area contributed by atoms with Gasteiger partial charge in [-0.05, 0) is 25.7 Å². The summed E-state index contributed by atoms with van der Waals surface area (Å²) in [6.07, 6.45) is 3.16. The molecule has 8 nitrogen and oxygen atoms in total. The van der Waals surface area contributed by atoms with E-state index >= 15 is 0 Å². The molecular weight excluding hydrogens is 284 g/mol. The molecule has 0 spiro atoms. The number of amides is 1. The number of nitrogens with one attached hydrogen (secondary N) is 1. The molecule has 3 N–H and O–H groups in total. The van der Waals surface area contributed by atoms with Crippen molar-refractivity contribution < 1.29 is 17.7 Å². The van der Waals surface area contributed by atoms with Crippen molar-refractivity contribution in [2.45, 2.75) is 19.8 Å². The molecule has 20 heavy (non-hydrogen) atoms. The summed E-state index contributed by atoms with van der Waals surface area (Å²) < 4.78 is 29.0. The molecule has 1 fully saturated rings. The third kappa shape index (κ3) is 3.78. The second kappa shape index (κ2) is 5.90. The van der Waals surface area contributed by atoms with Crippen LogP contribution in [-0.2, 0) is 10.2 Å². The molecule has 0 bridgehead atoms. The highest BCUT2D eigenvalue weighted by molar-refractivity contribution is 7.87. The third-order valence-corrected chi connectivity index (χ3v) is 3.89. The fourth-order valence-corrected chi connectivity index (χ4v) is 2.76. The maximum Gasteiger partial charge on any atom is 0.292 e. The molecule has 2 heterocycles. The summed E-state index contributed by atoms with van der Waals surface area (Å²) in [5.74, 6) is 0.0830. The highest BCUT2D eigenvalue weighted by atomic mass is 32.2. The van der Waals surface area contributed by atoms with Crippen LogP contribution in [0.4, 0.5) is 0 Å². The molecule has 0 aliphatic carbocycles. The topological polar surface area (TPSA) is 119 Å². The van der Waals surface area contributed by atoms with E-state index in [0.717, 1.165) is 12.8 Å². The lowest BCUT2D eigenvalue weighted by molar-refractivity contribution is 0.0633. The van der Waals surface area contributed by atoms with Crippen LogP contribution in [0.3, 0.4) is 0 Å². The zero-order valence-electron chi connectivity index (χ0n) is 11.2. The van der Waals surface area contributed by atoms with Crippen molar-refractivity contribution in [1.29, 1.82) is 0 Å². The minimum atomic E-state index is -3.69. The fourth-order valence-electron chi connectivity index (χ4n) is 2.29. The third-order valence-electron chi connectivity index (χ3n) is 3.32. The lowest BCUT2D eigenvalue weighted by atomic mass is 9.98. The lowest BCUT2D eigenvalue weighted by Crippen LogP contribution is -2.44. The van der Waals surface area contributed by atoms with E-state index in [1.165, 1.54) is 6.20 Å². The van der Waals surface area contributed by atoms with Crippen LogP contribution in [0, 0.1) is 12.8 Å². The molecule has 112 valence electrons. The molecule has 0 radical (unpaired) electrons. The van der Waals surface area contributed by atoms with Crippen molar-refractivity contribution in [2.24, 2.45) is 11.1 Å². The number of aromatic nitrogens is 1. The van der Waals surface area contributed by atoms with Crippen LogP contribution < -0.4 is 9.86 Å². The molecule has 1 amide bonds. The van der Waals surface area contributed by atoms with E-state index in [0.29, 0.717) is 18.7 Å². The SMILES string of the molecule is Cc1cnoc1C(=O)N1CCCC(CNS(N)(=O)=O)C1. The Labute approximate surface area is 117 Å². The molecular formula is C11H18N4O4S. The number of carbonyl (C=O) groups is 1. The van der Waals surface area contributed by atoms with E-state index in [1.807, 2.05) is 0 Å². The molecule has 2 rings (SSSR count). The summed E-state index contributed by atoms with van der Waals surface area (Å²) in [5, 5.41) is 8.50. The van der Waals surface area contributed by atoms with Crippen LogP contribution in [0.5, 0.6) is 0 Å². The van der Waals surface area contributed by atoms with Crippen molar-refractivity contribution >= 4 is 16.1 Å². The molecule has 9 heteroatoms. The molecule has 1 aliphatic rings. The zero-order chi connectivity index (χ0) is 14.8. The van der Waals surface area contributed by atoms with E-state index in [-0.39, 0.29) is 24.1 Å². The second-order valence-corrected chi connectivity index (χ2v) is 6.37. The van der Waals surface area contributed by atoms with Crippen molar-refractivity contribution in [3.63, 3.8) is 0 Å². The number of hydrogen-bond acceptors (Lipinski definition) is 5. The predicted octanol–water partition coefficient (Wildman–Crippen LogP) is -0.372. The molecule has 0 aromatic carbocycles. The van der Waals surface area contributed by atoms with Gasteiger partial charge in [-0.3, -0.25) is 4.79 Å². The van der Waals surface area contributed by atoms with Gasteiger partial charge in [0.25, 0.3) is 16.1 Å². The number of hydrogen-bond donors (Lipinski definition) is 2. The number of nitrogens with zero attached hydrogens (tertiary/aromatic N) is 2. The summed E-state index contributed by atoms with van der Waals surface area (Å²) >= 11 is 0. The maximum atomic E-state index is 12.3. The van der Waals surface area contributed by atoms with E-state index < -0.39 is 10.2 Å². The van der Waals surface area contributed by atoms with Gasteiger partial charge in [0.2, 0.25) is 5.76 Å². The first-order chi connectivity index (χ1) is 9.37. The average Bonchev–Trinajstić information content (AvgIpc) is 2.81. The number of rotatable bonds is 4. The van der Waals surface area contributed by atoms with Gasteiger partial charge in [-0.1, -0.05) is 5.16 Å². The van der Waals surface area contributed by atoms with Gasteiger partial charge in [-0.25, -0.2) is 9.86 Å². The monoisotopic (exact) mass is 302 g/mol. The molecule has 1 aromatic rings. The Kier molecular flexibility index (Phi) is 4.41. The van der Waals surface area contributed by atoms with Gasteiger partial charge in [0.05, 0.1) is 6.20 Å². The number of piperidine rings is 1. The van der Waals surface area contributed by atoms with Gasteiger partial charge >= 0.3 is 0 Å². The van der Waals surface area contributed by atoms with Crippen molar-refractivity contribution in [1.82, 2.24) is 14.8 Å². The minimum Gasteiger partial charge on any atom is -0.351 e. The van der Waals surface area contributed by atoms with Gasteiger partial charge in [0, 0.05) is 25.2 Å². The van der Waals surface area contributed by atoms with E-state index in [4.69, 9.17) is 9.66 Å². The van der Waals surface area contributed by atoms with Crippen LogP contribution in [-0.4, -0.2) is 44.0 Å². The predicted molar refractivity (Wildman–Crippen MR) is 71.0 cm³/mol. The number of nitrogens with two attached hydrogens (primary N) is 1. The Morgan fingerprint density at radius 3 is 3.00 bits per heavy atom. The standard InChI is InChI=1S/C11H18N4O4S/c1-8-5-13-19-10(8)11(16)15-4-2-3-9(7-15)6-14-20(12,17)18/h5,9,14H,2-4,6-7H2,1H3,(H2,12,17,18). The van der Waals surface area contributed by atoms with E-state index in [9.17, 15) is 13.2 Å². The maximum absolute atomic E-state index is 12.3. The van der Waals surface area contributed by atoms with Gasteiger partial charge in [-0.15, -0.1) is 0 Å². The van der Waals surface area contributed by atoms with Gasteiger partial charge in [-0.2, -0.15) is 8.42 Å². The van der Waals surface area contributed by atoms with Gasteiger partial charge < -0.3 is 9.42 Å². The zero-order valence-corrected chi connectivity index (χ0v) is 12.0. The Hall–Kier alpha value is -1.45. The van der Waals surface area contributed by atoms with Gasteiger partial charge in [0.1, 0.15) is 0 Å². The van der Waals surface area contributed by atoms with Crippen LogP contribution in [0.1, 0.15) is 29.0 Å². The van der Waals surface area contributed by atoms with Crippen LogP contribution in [0.15, 0.2) is 10.7 Å². The number of carbonyl (C=O) groups excluding carboxylic acids is 1. The largest absolute Gasteiger partial charge is 0.351 e. The van der Waals surface area contributed by atoms with E-state index in [1.54, 1.807) is 11.8 Å². The fraction of sp³-hybridized carbons (Fsp3) is 0.636. The smallest absolute Gasteiger partial charge is 0.292 e. The van der Waals surface area contributed by atoms with Crippen molar-refractivity contribution in [3.8, 4) is 0 Å². The summed E-state index contributed by atoms with van der Waals surface area (Å²) in [5.41, 5.74) is 0.694. The Bertz CT molecular complexity index is 583. The second-order valence-electron chi connectivity index (χ2n) is 4.99. The molecule has 1 aromatic heterocycles. The molecule has 0 saturated carbocycles. The highest BCUT2D eigenvalue weighted by Crippen LogP contribution is 2.19. The lowest BCUT2D eigenvalue weighted by Gasteiger charge is -2.32. The molecule has 1 atom stereocenters. The summed E-state index contributed by atoms with van der Waals surface area (Å²) in [7, 11) is -3.69. The highest BCUT2D eigenvalue weighted by Gasteiger charge is 2.27. The molecule has 1 aliphatic heterocycles. The minimum absolute atomic E-state index is 0.0502.